The van der Waals surface area contributed by atoms with Crippen molar-refractivity contribution in [3.05, 3.63) is 65.2 Å². The van der Waals surface area contributed by atoms with Gasteiger partial charge in [0.25, 0.3) is 11.8 Å². The lowest BCUT2D eigenvalue weighted by Gasteiger charge is -2.28. The molecule has 0 aliphatic rings. The molecule has 2 unspecified atom stereocenters. The van der Waals surface area contributed by atoms with E-state index in [1.165, 1.54) is 0 Å². The van der Waals surface area contributed by atoms with Gasteiger partial charge in [-0.2, -0.15) is 0 Å². The average Bonchev–Trinajstić information content (AvgIpc) is 2.70. The van der Waals surface area contributed by atoms with Crippen molar-refractivity contribution in [2.45, 2.75) is 59.5 Å². The molecule has 0 heterocycles. The third-order valence-electron chi connectivity index (χ3n) is 5.01. The number of carbonyl (C=O) groups excluding carboxylic acids is 3. The summed E-state index contributed by atoms with van der Waals surface area (Å²) in [6.07, 6.45) is 0.730. The van der Waals surface area contributed by atoms with Crippen molar-refractivity contribution in [1.82, 2.24) is 10.6 Å². The number of hydrogen-bond acceptors (Lipinski definition) is 3. The van der Waals surface area contributed by atoms with Gasteiger partial charge in [0.15, 0.2) is 0 Å². The summed E-state index contributed by atoms with van der Waals surface area (Å²) in [5.74, 6) is -0.990. The van der Waals surface area contributed by atoms with Gasteiger partial charge in [-0.25, -0.2) is 0 Å². The molecule has 3 N–H and O–H groups in total. The molecule has 0 saturated carbocycles. The maximum absolute atomic E-state index is 13.1. The monoisotopic (exact) mass is 423 g/mol. The lowest BCUT2D eigenvalue weighted by Crippen LogP contribution is -2.54. The summed E-state index contributed by atoms with van der Waals surface area (Å²) in [6.45, 7) is 11.6. The Morgan fingerprint density at radius 2 is 1.55 bits per heavy atom. The van der Waals surface area contributed by atoms with Gasteiger partial charge in [-0.3, -0.25) is 14.4 Å². The average molecular weight is 424 g/mol. The minimum Gasteiger partial charge on any atom is -0.350 e. The Morgan fingerprint density at radius 3 is 2.13 bits per heavy atom. The van der Waals surface area contributed by atoms with Crippen molar-refractivity contribution in [3.8, 4) is 0 Å². The predicted octanol–water partition coefficient (Wildman–Crippen LogP) is 4.31. The van der Waals surface area contributed by atoms with Crippen molar-refractivity contribution in [3.63, 3.8) is 0 Å². The minimum absolute atomic E-state index is 0.0550. The van der Waals surface area contributed by atoms with E-state index in [9.17, 15) is 14.4 Å². The fourth-order valence-corrected chi connectivity index (χ4v) is 3.06. The van der Waals surface area contributed by atoms with Crippen LogP contribution in [0.4, 0.5) is 5.69 Å². The topological polar surface area (TPSA) is 87.3 Å². The SMILES string of the molecule is CCC(C)C(NC(=O)c1ccccc1NC(=O)c1ccc(C)cc1)C(=O)NC(C)(C)C. The largest absolute Gasteiger partial charge is 0.350 e. The normalized spacial score (nSPS) is 13.1. The minimum atomic E-state index is -0.683. The highest BCUT2D eigenvalue weighted by molar-refractivity contribution is 6.09. The molecule has 2 rings (SSSR count). The number of amides is 3. The Kier molecular flexibility index (Phi) is 7.97. The van der Waals surface area contributed by atoms with E-state index in [1.54, 1.807) is 36.4 Å². The molecule has 0 aliphatic carbocycles. The van der Waals surface area contributed by atoms with Gasteiger partial charge in [-0.15, -0.1) is 0 Å². The van der Waals surface area contributed by atoms with Crippen molar-refractivity contribution in [2.24, 2.45) is 5.92 Å². The van der Waals surface area contributed by atoms with Gasteiger partial charge < -0.3 is 16.0 Å². The fourth-order valence-electron chi connectivity index (χ4n) is 3.06. The highest BCUT2D eigenvalue weighted by Gasteiger charge is 2.29. The number of anilines is 1. The second-order valence-electron chi connectivity index (χ2n) is 8.94. The van der Waals surface area contributed by atoms with Gasteiger partial charge in [-0.1, -0.05) is 50.1 Å². The molecule has 0 radical (unpaired) electrons. The Bertz CT molecular complexity index is 930. The van der Waals surface area contributed by atoms with Crippen molar-refractivity contribution in [1.29, 1.82) is 0 Å². The molecular weight excluding hydrogens is 390 g/mol. The molecule has 0 aliphatic heterocycles. The third-order valence-corrected chi connectivity index (χ3v) is 5.01. The number of para-hydroxylation sites is 1. The molecule has 2 aromatic rings. The summed E-state index contributed by atoms with van der Waals surface area (Å²) >= 11 is 0. The Balaban J connectivity index is 2.23. The molecule has 166 valence electrons. The van der Waals surface area contributed by atoms with Crippen LogP contribution in [0, 0.1) is 12.8 Å². The molecular formula is C25H33N3O3. The number of benzene rings is 2. The molecule has 0 bridgehead atoms. The molecule has 0 aromatic heterocycles. The van der Waals surface area contributed by atoms with E-state index in [2.05, 4.69) is 16.0 Å². The molecule has 2 aromatic carbocycles. The van der Waals surface area contributed by atoms with Gasteiger partial charge in [0.1, 0.15) is 6.04 Å². The Morgan fingerprint density at radius 1 is 0.935 bits per heavy atom. The fraction of sp³-hybridized carbons (Fsp3) is 0.400. The van der Waals surface area contributed by atoms with Crippen LogP contribution < -0.4 is 16.0 Å². The first-order valence-corrected chi connectivity index (χ1v) is 10.6. The van der Waals surface area contributed by atoms with E-state index in [-0.39, 0.29) is 17.7 Å². The zero-order valence-corrected chi connectivity index (χ0v) is 19.2. The van der Waals surface area contributed by atoms with Crippen molar-refractivity contribution >= 4 is 23.4 Å². The van der Waals surface area contributed by atoms with Gasteiger partial charge in [-0.05, 0) is 57.9 Å². The quantitative estimate of drug-likeness (QED) is 0.620. The first-order valence-electron chi connectivity index (χ1n) is 10.6. The molecule has 6 nitrogen and oxygen atoms in total. The molecule has 0 fully saturated rings. The third kappa shape index (κ3) is 6.95. The summed E-state index contributed by atoms with van der Waals surface area (Å²) in [5, 5.41) is 8.62. The number of carbonyl (C=O) groups is 3. The van der Waals surface area contributed by atoms with E-state index >= 15 is 0 Å². The van der Waals surface area contributed by atoms with E-state index in [0.29, 0.717) is 16.8 Å². The molecule has 6 heteroatoms. The molecule has 31 heavy (non-hydrogen) atoms. The number of nitrogens with one attached hydrogen (secondary N) is 3. The second-order valence-corrected chi connectivity index (χ2v) is 8.94. The van der Waals surface area contributed by atoms with Gasteiger partial charge in [0, 0.05) is 11.1 Å². The van der Waals surface area contributed by atoms with E-state index in [4.69, 9.17) is 0 Å². The van der Waals surface area contributed by atoms with Crippen LogP contribution in [-0.4, -0.2) is 29.3 Å². The highest BCUT2D eigenvalue weighted by Crippen LogP contribution is 2.18. The second kappa shape index (κ2) is 10.2. The summed E-state index contributed by atoms with van der Waals surface area (Å²) in [4.78, 5) is 38.5. The number of hydrogen-bond donors (Lipinski definition) is 3. The zero-order valence-electron chi connectivity index (χ0n) is 19.2. The maximum atomic E-state index is 13.1. The van der Waals surface area contributed by atoms with Crippen LogP contribution in [0.1, 0.15) is 67.3 Å². The highest BCUT2D eigenvalue weighted by atomic mass is 16.2. The van der Waals surface area contributed by atoms with Crippen LogP contribution in [0.25, 0.3) is 0 Å². The maximum Gasteiger partial charge on any atom is 0.255 e. The first kappa shape index (κ1) is 24.1. The van der Waals surface area contributed by atoms with Gasteiger partial charge in [0.05, 0.1) is 11.3 Å². The lowest BCUT2D eigenvalue weighted by molar-refractivity contribution is -0.125. The van der Waals surface area contributed by atoms with Gasteiger partial charge >= 0.3 is 0 Å². The lowest BCUT2D eigenvalue weighted by atomic mass is 9.96. The van der Waals surface area contributed by atoms with E-state index in [1.807, 2.05) is 53.7 Å². The number of rotatable bonds is 7. The van der Waals surface area contributed by atoms with Crippen molar-refractivity contribution in [2.75, 3.05) is 5.32 Å². The van der Waals surface area contributed by atoms with Crippen LogP contribution >= 0.6 is 0 Å². The molecule has 0 saturated heterocycles. The van der Waals surface area contributed by atoms with E-state index in [0.717, 1.165) is 12.0 Å². The summed E-state index contributed by atoms with van der Waals surface area (Å²) in [6, 6.07) is 13.3. The van der Waals surface area contributed by atoms with Crippen LogP contribution in [0.5, 0.6) is 0 Å². The smallest absolute Gasteiger partial charge is 0.255 e. The standard InChI is InChI=1S/C25H33N3O3/c1-7-17(3)21(24(31)28-25(4,5)6)27-23(30)19-10-8-9-11-20(19)26-22(29)18-14-12-16(2)13-15-18/h8-15,17,21H,7H2,1-6H3,(H,26,29)(H,27,30)(H,28,31). The summed E-state index contributed by atoms with van der Waals surface area (Å²) in [7, 11) is 0. The van der Waals surface area contributed by atoms with Crippen LogP contribution in [0.3, 0.4) is 0 Å². The summed E-state index contributed by atoms with van der Waals surface area (Å²) < 4.78 is 0. The molecule has 0 spiro atoms. The van der Waals surface area contributed by atoms with Crippen LogP contribution in [0.15, 0.2) is 48.5 Å². The van der Waals surface area contributed by atoms with Gasteiger partial charge in [0.2, 0.25) is 5.91 Å². The van der Waals surface area contributed by atoms with Crippen molar-refractivity contribution < 1.29 is 14.4 Å². The first-order chi connectivity index (χ1) is 14.5. The van der Waals surface area contributed by atoms with Crippen LogP contribution in [-0.2, 0) is 4.79 Å². The molecule has 3 amide bonds. The Hall–Kier alpha value is -3.15. The number of aryl methyl sites for hydroxylation is 1. The molecule has 2 atom stereocenters. The Labute approximate surface area is 184 Å². The summed E-state index contributed by atoms with van der Waals surface area (Å²) in [5.41, 5.74) is 1.85. The zero-order chi connectivity index (χ0) is 23.2. The predicted molar refractivity (Wildman–Crippen MR) is 124 cm³/mol. The van der Waals surface area contributed by atoms with E-state index < -0.39 is 17.5 Å². The van der Waals surface area contributed by atoms with Crippen LogP contribution in [0.2, 0.25) is 0 Å².